The number of benzene rings is 1. The quantitative estimate of drug-likeness (QED) is 0.891. The van der Waals surface area contributed by atoms with E-state index in [1.54, 1.807) is 10.6 Å². The number of para-hydroxylation sites is 1. The molecule has 1 aliphatic carbocycles. The Hall–Kier alpha value is -2.37. The minimum Gasteiger partial charge on any atom is -0.356 e. The van der Waals surface area contributed by atoms with Crippen molar-refractivity contribution < 1.29 is 4.79 Å². The molecule has 0 spiro atoms. The van der Waals surface area contributed by atoms with Crippen molar-refractivity contribution in [2.75, 3.05) is 6.54 Å². The molecule has 1 fully saturated rings. The Labute approximate surface area is 152 Å². The SMILES string of the molecule is CCNC(=O)C1CCC(Cn2c(=O)c3ccccc3n(CC)c2=O)CC1. The summed E-state index contributed by atoms with van der Waals surface area (Å²) >= 11 is 0. The number of nitrogens with one attached hydrogen (secondary N) is 1. The zero-order valence-corrected chi connectivity index (χ0v) is 15.5. The van der Waals surface area contributed by atoms with E-state index in [-0.39, 0.29) is 29.0 Å². The third kappa shape index (κ3) is 3.45. The van der Waals surface area contributed by atoms with E-state index < -0.39 is 0 Å². The van der Waals surface area contributed by atoms with Gasteiger partial charge in [0, 0.05) is 25.6 Å². The van der Waals surface area contributed by atoms with Gasteiger partial charge in [-0.1, -0.05) is 12.1 Å². The van der Waals surface area contributed by atoms with Gasteiger partial charge in [-0.25, -0.2) is 4.79 Å². The fraction of sp³-hybridized carbons (Fsp3) is 0.550. The maximum absolute atomic E-state index is 12.8. The molecule has 1 amide bonds. The number of carbonyl (C=O) groups excluding carboxylic acids is 1. The van der Waals surface area contributed by atoms with E-state index in [4.69, 9.17) is 0 Å². The Morgan fingerprint density at radius 1 is 1.08 bits per heavy atom. The molecule has 0 bridgehead atoms. The van der Waals surface area contributed by atoms with Crippen molar-refractivity contribution in [3.63, 3.8) is 0 Å². The van der Waals surface area contributed by atoms with Crippen molar-refractivity contribution in [2.45, 2.75) is 52.6 Å². The van der Waals surface area contributed by atoms with Crippen LogP contribution in [0.2, 0.25) is 0 Å². The second-order valence-electron chi connectivity index (χ2n) is 7.07. The minimum absolute atomic E-state index is 0.0619. The van der Waals surface area contributed by atoms with Crippen LogP contribution < -0.4 is 16.6 Å². The van der Waals surface area contributed by atoms with Crippen LogP contribution in [0.15, 0.2) is 33.9 Å². The molecule has 1 saturated carbocycles. The molecule has 0 aliphatic heterocycles. The second-order valence-corrected chi connectivity index (χ2v) is 7.07. The largest absolute Gasteiger partial charge is 0.356 e. The van der Waals surface area contributed by atoms with Crippen LogP contribution in [0.1, 0.15) is 39.5 Å². The molecule has 26 heavy (non-hydrogen) atoms. The number of fused-ring (bicyclic) bond motifs is 1. The summed E-state index contributed by atoms with van der Waals surface area (Å²) in [6.45, 7) is 5.46. The molecule has 6 nitrogen and oxygen atoms in total. The van der Waals surface area contributed by atoms with Crippen molar-refractivity contribution in [3.8, 4) is 0 Å². The van der Waals surface area contributed by atoms with E-state index >= 15 is 0 Å². The molecule has 1 aromatic heterocycles. The van der Waals surface area contributed by atoms with Crippen LogP contribution in [0.25, 0.3) is 10.9 Å². The maximum Gasteiger partial charge on any atom is 0.331 e. The third-order valence-corrected chi connectivity index (χ3v) is 5.46. The molecule has 1 aromatic carbocycles. The van der Waals surface area contributed by atoms with Gasteiger partial charge in [0.25, 0.3) is 5.56 Å². The van der Waals surface area contributed by atoms with Gasteiger partial charge in [-0.15, -0.1) is 0 Å². The molecule has 6 heteroatoms. The van der Waals surface area contributed by atoms with Crippen LogP contribution in [-0.2, 0) is 17.9 Å². The number of aryl methyl sites for hydroxylation is 1. The number of amides is 1. The van der Waals surface area contributed by atoms with Crippen molar-refractivity contribution >= 4 is 16.8 Å². The molecule has 0 atom stereocenters. The Bertz CT molecular complexity index is 905. The number of rotatable bonds is 5. The molecule has 1 heterocycles. The van der Waals surface area contributed by atoms with Gasteiger partial charge >= 0.3 is 5.69 Å². The normalized spacial score (nSPS) is 20.2. The van der Waals surface area contributed by atoms with E-state index in [2.05, 4.69) is 5.32 Å². The van der Waals surface area contributed by atoms with Crippen LogP contribution >= 0.6 is 0 Å². The highest BCUT2D eigenvalue weighted by molar-refractivity contribution is 5.78. The zero-order chi connectivity index (χ0) is 18.7. The summed E-state index contributed by atoms with van der Waals surface area (Å²) in [4.78, 5) is 37.6. The van der Waals surface area contributed by atoms with E-state index in [1.165, 1.54) is 4.57 Å². The molecule has 140 valence electrons. The fourth-order valence-corrected chi connectivity index (χ4v) is 4.02. The lowest BCUT2D eigenvalue weighted by Gasteiger charge is -2.28. The first-order valence-corrected chi connectivity index (χ1v) is 9.56. The third-order valence-electron chi connectivity index (χ3n) is 5.46. The zero-order valence-electron chi connectivity index (χ0n) is 15.5. The smallest absolute Gasteiger partial charge is 0.331 e. The summed E-state index contributed by atoms with van der Waals surface area (Å²) in [5.41, 5.74) is 0.254. The summed E-state index contributed by atoms with van der Waals surface area (Å²) in [5, 5.41) is 3.47. The molecule has 0 radical (unpaired) electrons. The predicted molar refractivity (Wildman–Crippen MR) is 102 cm³/mol. The van der Waals surface area contributed by atoms with E-state index in [1.807, 2.05) is 32.0 Å². The first-order valence-electron chi connectivity index (χ1n) is 9.56. The Morgan fingerprint density at radius 2 is 1.77 bits per heavy atom. The van der Waals surface area contributed by atoms with Gasteiger partial charge in [0.1, 0.15) is 0 Å². The highest BCUT2D eigenvalue weighted by Gasteiger charge is 2.27. The Balaban J connectivity index is 1.83. The number of carbonyl (C=O) groups is 1. The van der Waals surface area contributed by atoms with E-state index in [9.17, 15) is 14.4 Å². The van der Waals surface area contributed by atoms with Gasteiger partial charge in [-0.05, 0) is 57.6 Å². The molecule has 0 unspecified atom stereocenters. The summed E-state index contributed by atoms with van der Waals surface area (Å²) in [6, 6.07) is 7.28. The van der Waals surface area contributed by atoms with Crippen LogP contribution in [-0.4, -0.2) is 21.6 Å². The van der Waals surface area contributed by atoms with Gasteiger partial charge < -0.3 is 5.32 Å². The monoisotopic (exact) mass is 357 g/mol. The number of aromatic nitrogens is 2. The molecule has 3 rings (SSSR count). The molecule has 1 N–H and O–H groups in total. The Morgan fingerprint density at radius 3 is 2.42 bits per heavy atom. The van der Waals surface area contributed by atoms with Gasteiger partial charge in [0.2, 0.25) is 5.91 Å². The van der Waals surface area contributed by atoms with Crippen LogP contribution in [0.5, 0.6) is 0 Å². The highest BCUT2D eigenvalue weighted by Crippen LogP contribution is 2.29. The van der Waals surface area contributed by atoms with E-state index in [0.717, 1.165) is 25.7 Å². The standard InChI is InChI=1S/C20H27N3O3/c1-3-21-18(24)15-11-9-14(10-12-15)13-23-19(25)16-7-5-6-8-17(16)22(4-2)20(23)26/h5-8,14-15H,3-4,9-13H2,1-2H3,(H,21,24). The summed E-state index contributed by atoms with van der Waals surface area (Å²) in [6.07, 6.45) is 3.38. The summed E-state index contributed by atoms with van der Waals surface area (Å²) < 4.78 is 3.06. The Kier molecular flexibility index (Phi) is 5.59. The predicted octanol–water partition coefficient (Wildman–Crippen LogP) is 2.13. The lowest BCUT2D eigenvalue weighted by atomic mass is 9.81. The lowest BCUT2D eigenvalue weighted by molar-refractivity contribution is -0.126. The van der Waals surface area contributed by atoms with Crippen molar-refractivity contribution in [1.82, 2.24) is 14.5 Å². The van der Waals surface area contributed by atoms with Crippen molar-refractivity contribution in [1.29, 1.82) is 0 Å². The first kappa shape index (κ1) is 18.4. The molecule has 2 aromatic rings. The highest BCUT2D eigenvalue weighted by atomic mass is 16.2. The average molecular weight is 357 g/mol. The number of nitrogens with zero attached hydrogens (tertiary/aromatic N) is 2. The van der Waals surface area contributed by atoms with Gasteiger partial charge in [0.05, 0.1) is 10.9 Å². The minimum atomic E-state index is -0.234. The summed E-state index contributed by atoms with van der Waals surface area (Å²) in [5.74, 6) is 0.450. The average Bonchev–Trinajstić information content (AvgIpc) is 2.66. The number of hydrogen-bond donors (Lipinski definition) is 1. The molecular weight excluding hydrogens is 330 g/mol. The molecule has 1 aliphatic rings. The lowest BCUT2D eigenvalue weighted by Crippen LogP contribution is -2.42. The van der Waals surface area contributed by atoms with Crippen LogP contribution in [0.4, 0.5) is 0 Å². The van der Waals surface area contributed by atoms with Gasteiger partial charge in [0.15, 0.2) is 0 Å². The maximum atomic E-state index is 12.8. The second kappa shape index (κ2) is 7.89. The van der Waals surface area contributed by atoms with Crippen LogP contribution in [0.3, 0.4) is 0 Å². The molecule has 0 saturated heterocycles. The first-order chi connectivity index (χ1) is 12.6. The van der Waals surface area contributed by atoms with E-state index in [0.29, 0.717) is 30.5 Å². The number of hydrogen-bond acceptors (Lipinski definition) is 3. The molecular formula is C20H27N3O3. The van der Waals surface area contributed by atoms with Gasteiger partial charge in [-0.2, -0.15) is 0 Å². The van der Waals surface area contributed by atoms with Gasteiger partial charge in [-0.3, -0.25) is 18.7 Å². The fourth-order valence-electron chi connectivity index (χ4n) is 4.02. The van der Waals surface area contributed by atoms with Crippen molar-refractivity contribution in [3.05, 3.63) is 45.1 Å². The van der Waals surface area contributed by atoms with Crippen LogP contribution in [0, 0.1) is 11.8 Å². The summed E-state index contributed by atoms with van der Waals surface area (Å²) in [7, 11) is 0. The van der Waals surface area contributed by atoms with Crippen molar-refractivity contribution in [2.24, 2.45) is 11.8 Å². The topological polar surface area (TPSA) is 73.1 Å².